The highest BCUT2D eigenvalue weighted by Gasteiger charge is 2.09. The van der Waals surface area contributed by atoms with Crippen LogP contribution in [0.3, 0.4) is 0 Å². The van der Waals surface area contributed by atoms with Gasteiger partial charge in [0.25, 0.3) is 0 Å². The van der Waals surface area contributed by atoms with Crippen LogP contribution in [0.15, 0.2) is 60.8 Å². The fraction of sp³-hybridized carbons (Fsp3) is 0.158. The molecule has 0 bridgehead atoms. The van der Waals surface area contributed by atoms with Gasteiger partial charge in [0.1, 0.15) is 0 Å². The zero-order valence-electron chi connectivity index (χ0n) is 13.9. The number of aliphatic hydroxyl groups excluding tert-OH is 1. The second-order valence-electron chi connectivity index (χ2n) is 5.65. The smallest absolute Gasteiger partial charge is 0.319 e. The minimum Gasteiger partial charge on any atom is -0.392 e. The first-order chi connectivity index (χ1) is 12.2. The van der Waals surface area contributed by atoms with Crippen LogP contribution in [0, 0.1) is 6.92 Å². The molecule has 3 aromatic rings. The molecule has 0 aliphatic carbocycles. The van der Waals surface area contributed by atoms with Crippen molar-refractivity contribution in [3.63, 3.8) is 0 Å². The maximum atomic E-state index is 12.3. The third-order valence-corrected chi connectivity index (χ3v) is 3.85. The molecule has 2 aromatic carbocycles. The lowest BCUT2D eigenvalue weighted by atomic mass is 10.1. The largest absolute Gasteiger partial charge is 0.392 e. The van der Waals surface area contributed by atoms with Gasteiger partial charge in [-0.05, 0) is 36.2 Å². The van der Waals surface area contributed by atoms with Gasteiger partial charge in [-0.2, -0.15) is 5.10 Å². The number of rotatable bonds is 5. The van der Waals surface area contributed by atoms with E-state index in [-0.39, 0.29) is 12.6 Å². The molecule has 0 atom stereocenters. The molecule has 0 aliphatic heterocycles. The van der Waals surface area contributed by atoms with Crippen LogP contribution in [0.5, 0.6) is 0 Å². The summed E-state index contributed by atoms with van der Waals surface area (Å²) in [7, 11) is 0. The summed E-state index contributed by atoms with van der Waals surface area (Å²) in [4.78, 5) is 12.3. The predicted octanol–water partition coefficient (Wildman–Crippen LogP) is 2.99. The van der Waals surface area contributed by atoms with E-state index in [2.05, 4.69) is 15.7 Å². The summed E-state index contributed by atoms with van der Waals surface area (Å²) in [6, 6.07) is 16.5. The van der Waals surface area contributed by atoms with Crippen molar-refractivity contribution >= 4 is 11.7 Å². The summed E-state index contributed by atoms with van der Waals surface area (Å²) in [5.74, 6) is 0. The lowest BCUT2D eigenvalue weighted by Crippen LogP contribution is -2.29. The second kappa shape index (κ2) is 7.63. The molecule has 0 unspecified atom stereocenters. The first-order valence-electron chi connectivity index (χ1n) is 8.01. The number of aryl methyl sites for hydroxylation is 1. The van der Waals surface area contributed by atoms with Crippen LogP contribution in [-0.4, -0.2) is 20.9 Å². The molecular formula is C19H20N4O2. The van der Waals surface area contributed by atoms with Crippen molar-refractivity contribution in [1.29, 1.82) is 0 Å². The van der Waals surface area contributed by atoms with E-state index >= 15 is 0 Å². The number of hydrogen-bond donors (Lipinski definition) is 3. The van der Waals surface area contributed by atoms with Crippen LogP contribution in [0.2, 0.25) is 0 Å². The SMILES string of the molecule is Cc1ccn(-c2ccccc2NC(=O)NCc2ccccc2CO)n1. The fourth-order valence-corrected chi connectivity index (χ4v) is 2.55. The summed E-state index contributed by atoms with van der Waals surface area (Å²) in [5.41, 5.74) is 4.05. The number of carbonyl (C=O) groups is 1. The Kier molecular flexibility index (Phi) is 5.11. The van der Waals surface area contributed by atoms with E-state index < -0.39 is 0 Å². The van der Waals surface area contributed by atoms with Crippen LogP contribution >= 0.6 is 0 Å². The highest BCUT2D eigenvalue weighted by atomic mass is 16.3. The Labute approximate surface area is 146 Å². The van der Waals surface area contributed by atoms with Gasteiger partial charge in [0.15, 0.2) is 0 Å². The maximum absolute atomic E-state index is 12.3. The molecule has 3 N–H and O–H groups in total. The first-order valence-corrected chi connectivity index (χ1v) is 8.01. The molecule has 0 aliphatic rings. The highest BCUT2D eigenvalue weighted by molar-refractivity contribution is 5.91. The van der Waals surface area contributed by atoms with Gasteiger partial charge in [0.2, 0.25) is 0 Å². The van der Waals surface area contributed by atoms with E-state index in [1.807, 2.05) is 67.7 Å². The number of aromatic nitrogens is 2. The summed E-state index contributed by atoms with van der Waals surface area (Å²) in [5, 5.41) is 19.4. The number of hydrogen-bond acceptors (Lipinski definition) is 3. The highest BCUT2D eigenvalue weighted by Crippen LogP contribution is 2.19. The molecule has 6 nitrogen and oxygen atoms in total. The van der Waals surface area contributed by atoms with Gasteiger partial charge in [0.05, 0.1) is 23.7 Å². The topological polar surface area (TPSA) is 79.2 Å². The zero-order chi connectivity index (χ0) is 17.6. The van der Waals surface area contributed by atoms with Crippen molar-refractivity contribution in [2.24, 2.45) is 0 Å². The number of benzene rings is 2. The van der Waals surface area contributed by atoms with Crippen LogP contribution in [0.25, 0.3) is 5.69 Å². The minimum atomic E-state index is -0.316. The number of amides is 2. The number of carbonyl (C=O) groups excluding carboxylic acids is 1. The molecule has 0 saturated carbocycles. The number of nitrogens with one attached hydrogen (secondary N) is 2. The van der Waals surface area contributed by atoms with Crippen molar-refractivity contribution in [2.45, 2.75) is 20.1 Å². The molecule has 0 spiro atoms. The van der Waals surface area contributed by atoms with Gasteiger partial charge in [-0.15, -0.1) is 0 Å². The molecule has 0 saturated heterocycles. The van der Waals surface area contributed by atoms with Crippen LogP contribution < -0.4 is 10.6 Å². The summed E-state index contributed by atoms with van der Waals surface area (Å²) >= 11 is 0. The van der Waals surface area contributed by atoms with E-state index in [9.17, 15) is 9.90 Å². The van der Waals surface area contributed by atoms with Crippen molar-refractivity contribution in [1.82, 2.24) is 15.1 Å². The number of urea groups is 1. The number of anilines is 1. The Hall–Kier alpha value is -3.12. The average molecular weight is 336 g/mol. The maximum Gasteiger partial charge on any atom is 0.319 e. The van der Waals surface area contributed by atoms with Gasteiger partial charge in [0, 0.05) is 12.7 Å². The molecular weight excluding hydrogens is 316 g/mol. The van der Waals surface area contributed by atoms with E-state index in [1.165, 1.54) is 0 Å². The molecule has 0 radical (unpaired) electrons. The Bertz CT molecular complexity index is 873. The van der Waals surface area contributed by atoms with E-state index in [0.717, 1.165) is 22.5 Å². The first kappa shape index (κ1) is 16.7. The molecule has 2 amide bonds. The lowest BCUT2D eigenvalue weighted by molar-refractivity contribution is 0.251. The van der Waals surface area contributed by atoms with Crippen molar-refractivity contribution < 1.29 is 9.90 Å². The van der Waals surface area contributed by atoms with Crippen molar-refractivity contribution in [3.8, 4) is 5.69 Å². The Balaban J connectivity index is 1.69. The van der Waals surface area contributed by atoms with Crippen LogP contribution in [0.4, 0.5) is 10.5 Å². The molecule has 1 aromatic heterocycles. The molecule has 128 valence electrons. The van der Waals surface area contributed by atoms with Gasteiger partial charge in [-0.25, -0.2) is 9.48 Å². The summed E-state index contributed by atoms with van der Waals surface area (Å²) in [6.45, 7) is 2.20. The quantitative estimate of drug-likeness (QED) is 0.670. The van der Waals surface area contributed by atoms with Gasteiger partial charge in [-0.1, -0.05) is 36.4 Å². The molecule has 0 fully saturated rings. The molecule has 3 rings (SSSR count). The van der Waals surface area contributed by atoms with Crippen LogP contribution in [0.1, 0.15) is 16.8 Å². The predicted molar refractivity (Wildman–Crippen MR) is 96.5 cm³/mol. The lowest BCUT2D eigenvalue weighted by Gasteiger charge is -2.13. The average Bonchev–Trinajstić information content (AvgIpc) is 3.07. The number of aliphatic hydroxyl groups is 1. The standard InChI is InChI=1S/C19H20N4O2/c1-14-10-11-23(22-14)18-9-5-4-8-17(18)21-19(25)20-12-15-6-2-3-7-16(15)13-24/h2-11,24H,12-13H2,1H3,(H2,20,21,25). The van der Waals surface area contributed by atoms with Crippen molar-refractivity contribution in [3.05, 3.63) is 77.6 Å². The molecule has 6 heteroatoms. The van der Waals surface area contributed by atoms with Gasteiger partial charge in [-0.3, -0.25) is 0 Å². The van der Waals surface area contributed by atoms with Crippen molar-refractivity contribution in [2.75, 3.05) is 5.32 Å². The van der Waals surface area contributed by atoms with Crippen LogP contribution in [-0.2, 0) is 13.2 Å². The third kappa shape index (κ3) is 4.05. The minimum absolute atomic E-state index is 0.0546. The Morgan fingerprint density at radius 2 is 1.80 bits per heavy atom. The summed E-state index contributed by atoms with van der Waals surface area (Å²) in [6.07, 6.45) is 1.85. The number of nitrogens with zero attached hydrogens (tertiary/aromatic N) is 2. The Morgan fingerprint density at radius 3 is 2.52 bits per heavy atom. The van der Waals surface area contributed by atoms with Gasteiger partial charge >= 0.3 is 6.03 Å². The normalized spacial score (nSPS) is 10.5. The summed E-state index contributed by atoms with van der Waals surface area (Å²) < 4.78 is 1.73. The van der Waals surface area contributed by atoms with Gasteiger partial charge < -0.3 is 15.7 Å². The fourth-order valence-electron chi connectivity index (χ4n) is 2.55. The Morgan fingerprint density at radius 1 is 1.08 bits per heavy atom. The zero-order valence-corrected chi connectivity index (χ0v) is 13.9. The third-order valence-electron chi connectivity index (χ3n) is 3.85. The molecule has 1 heterocycles. The van der Waals surface area contributed by atoms with E-state index in [1.54, 1.807) is 4.68 Å². The molecule has 25 heavy (non-hydrogen) atoms. The van der Waals surface area contributed by atoms with E-state index in [4.69, 9.17) is 0 Å². The second-order valence-corrected chi connectivity index (χ2v) is 5.65. The van der Waals surface area contributed by atoms with E-state index in [0.29, 0.717) is 12.2 Å². The monoisotopic (exact) mass is 336 g/mol. The number of para-hydroxylation sites is 2.